The Kier molecular flexibility index (Phi) is 4.03. The Bertz CT molecular complexity index is 697. The molecule has 0 amide bonds. The van der Waals surface area contributed by atoms with Crippen LogP contribution >= 0.6 is 0 Å². The van der Waals surface area contributed by atoms with Crippen LogP contribution in [0.2, 0.25) is 0 Å². The molecule has 6 nitrogen and oxygen atoms in total. The smallest absolute Gasteiger partial charge is 0.179 e. The number of fused-ring (bicyclic) bond motifs is 1. The third-order valence-electron chi connectivity index (χ3n) is 3.71. The second-order valence-corrected chi connectivity index (χ2v) is 7.29. The molecular formula is C14H18N4O2S. The van der Waals surface area contributed by atoms with Crippen molar-refractivity contribution in [2.75, 3.05) is 12.3 Å². The van der Waals surface area contributed by atoms with Crippen molar-refractivity contribution in [3.8, 4) is 0 Å². The Morgan fingerprint density at radius 3 is 2.90 bits per heavy atom. The van der Waals surface area contributed by atoms with Gasteiger partial charge in [-0.25, -0.2) is 18.1 Å². The zero-order valence-corrected chi connectivity index (χ0v) is 12.5. The van der Waals surface area contributed by atoms with E-state index in [4.69, 9.17) is 0 Å². The number of aromatic nitrogens is 3. The lowest BCUT2D eigenvalue weighted by Gasteiger charge is -2.23. The van der Waals surface area contributed by atoms with Crippen LogP contribution in [0.4, 0.5) is 0 Å². The summed E-state index contributed by atoms with van der Waals surface area (Å²) in [4.78, 5) is 4.56. The second kappa shape index (κ2) is 5.95. The van der Waals surface area contributed by atoms with Gasteiger partial charge in [-0.3, -0.25) is 0 Å². The van der Waals surface area contributed by atoms with E-state index in [0.717, 1.165) is 25.2 Å². The summed E-state index contributed by atoms with van der Waals surface area (Å²) in [5.74, 6) is 1.11. The first kappa shape index (κ1) is 14.2. The molecular weight excluding hydrogens is 288 g/mol. The molecule has 1 aliphatic rings. The van der Waals surface area contributed by atoms with E-state index in [2.05, 4.69) is 15.4 Å². The Labute approximate surface area is 124 Å². The van der Waals surface area contributed by atoms with Crippen LogP contribution in [0.1, 0.15) is 12.2 Å². The molecule has 7 heteroatoms. The highest BCUT2D eigenvalue weighted by molar-refractivity contribution is 7.91. The molecule has 1 aromatic carbocycles. The third-order valence-corrected chi connectivity index (χ3v) is 5.44. The molecule has 1 atom stereocenters. The molecule has 1 N–H and O–H groups in total. The topological polar surface area (TPSA) is 76.9 Å². The minimum absolute atomic E-state index is 0.109. The van der Waals surface area contributed by atoms with Crippen LogP contribution in [0.3, 0.4) is 0 Å². The fourth-order valence-electron chi connectivity index (χ4n) is 2.55. The number of nitrogens with zero attached hydrogens (tertiary/aromatic N) is 3. The van der Waals surface area contributed by atoms with Crippen molar-refractivity contribution in [3.05, 3.63) is 42.5 Å². The van der Waals surface area contributed by atoms with Gasteiger partial charge in [0.05, 0.1) is 17.2 Å². The summed E-state index contributed by atoms with van der Waals surface area (Å²) in [6, 6.07) is 8.83. The number of hydrogen-bond donors (Lipinski definition) is 1. The van der Waals surface area contributed by atoms with Crippen molar-refractivity contribution < 1.29 is 8.42 Å². The molecule has 0 aliphatic carbocycles. The molecule has 0 spiro atoms. The van der Waals surface area contributed by atoms with Gasteiger partial charge in [-0.2, -0.15) is 5.10 Å². The molecule has 1 aromatic heterocycles. The van der Waals surface area contributed by atoms with Crippen molar-refractivity contribution in [1.82, 2.24) is 20.1 Å². The molecule has 0 bridgehead atoms. The van der Waals surface area contributed by atoms with E-state index in [9.17, 15) is 8.42 Å². The Balaban J connectivity index is 1.53. The first-order valence-corrected chi connectivity index (χ1v) is 8.68. The molecule has 3 rings (SSSR count). The minimum atomic E-state index is -3.21. The molecule has 1 aliphatic heterocycles. The fraction of sp³-hybridized carbons (Fsp3) is 0.429. The normalized spacial score (nSPS) is 18.4. The van der Waals surface area contributed by atoms with Gasteiger partial charge in [-0.1, -0.05) is 18.2 Å². The first-order valence-electron chi connectivity index (χ1n) is 7.03. The van der Waals surface area contributed by atoms with E-state index >= 15 is 0 Å². The van der Waals surface area contributed by atoms with E-state index in [1.807, 2.05) is 10.7 Å². The van der Waals surface area contributed by atoms with Gasteiger partial charge in [-0.15, -0.1) is 0 Å². The maximum Gasteiger partial charge on any atom is 0.179 e. The van der Waals surface area contributed by atoms with Gasteiger partial charge in [0.1, 0.15) is 12.2 Å². The van der Waals surface area contributed by atoms with Crippen LogP contribution in [0.5, 0.6) is 0 Å². The lowest BCUT2D eigenvalue weighted by Crippen LogP contribution is -2.40. The SMILES string of the molecule is O=S(=O)(CCN[C@@H]1CCc2ncnn2C1)c1ccccc1. The van der Waals surface area contributed by atoms with Gasteiger partial charge in [0.2, 0.25) is 0 Å². The van der Waals surface area contributed by atoms with Gasteiger partial charge in [-0.05, 0) is 18.6 Å². The molecule has 0 radical (unpaired) electrons. The molecule has 21 heavy (non-hydrogen) atoms. The maximum atomic E-state index is 12.2. The average molecular weight is 306 g/mol. The highest BCUT2D eigenvalue weighted by Gasteiger charge is 2.20. The minimum Gasteiger partial charge on any atom is -0.311 e. The van der Waals surface area contributed by atoms with Crippen LogP contribution in [-0.2, 0) is 22.8 Å². The predicted molar refractivity (Wildman–Crippen MR) is 78.6 cm³/mol. The third kappa shape index (κ3) is 3.30. The summed E-state index contributed by atoms with van der Waals surface area (Å²) in [6.07, 6.45) is 3.41. The number of hydrogen-bond acceptors (Lipinski definition) is 5. The molecule has 0 saturated carbocycles. The number of benzene rings is 1. The van der Waals surface area contributed by atoms with Crippen molar-refractivity contribution in [2.24, 2.45) is 0 Å². The van der Waals surface area contributed by atoms with Crippen LogP contribution in [0.25, 0.3) is 0 Å². The van der Waals surface area contributed by atoms with Gasteiger partial charge >= 0.3 is 0 Å². The summed E-state index contributed by atoms with van der Waals surface area (Å²) in [5, 5.41) is 7.47. The molecule has 2 heterocycles. The number of aryl methyl sites for hydroxylation is 1. The Morgan fingerprint density at radius 1 is 1.29 bits per heavy atom. The zero-order valence-electron chi connectivity index (χ0n) is 11.6. The Hall–Kier alpha value is -1.73. The van der Waals surface area contributed by atoms with Gasteiger partial charge < -0.3 is 5.32 Å². The van der Waals surface area contributed by atoms with E-state index in [1.54, 1.807) is 30.6 Å². The molecule has 0 fully saturated rings. The van der Waals surface area contributed by atoms with Crippen LogP contribution in [0.15, 0.2) is 41.6 Å². The van der Waals surface area contributed by atoms with E-state index in [1.165, 1.54) is 0 Å². The lowest BCUT2D eigenvalue weighted by atomic mass is 10.1. The van der Waals surface area contributed by atoms with Gasteiger partial charge in [0.25, 0.3) is 0 Å². The first-order chi connectivity index (χ1) is 10.1. The summed E-state index contributed by atoms with van der Waals surface area (Å²) in [7, 11) is -3.21. The van der Waals surface area contributed by atoms with Crippen molar-refractivity contribution in [3.63, 3.8) is 0 Å². The largest absolute Gasteiger partial charge is 0.311 e. The van der Waals surface area contributed by atoms with E-state index in [0.29, 0.717) is 11.4 Å². The second-order valence-electron chi connectivity index (χ2n) is 5.18. The number of rotatable bonds is 5. The van der Waals surface area contributed by atoms with Crippen LogP contribution in [0, 0.1) is 0 Å². The zero-order chi connectivity index (χ0) is 14.7. The van der Waals surface area contributed by atoms with Gasteiger partial charge in [0.15, 0.2) is 9.84 Å². The van der Waals surface area contributed by atoms with E-state index in [-0.39, 0.29) is 11.8 Å². The number of nitrogens with one attached hydrogen (secondary N) is 1. The summed E-state index contributed by atoms with van der Waals surface area (Å²) < 4.78 is 26.2. The van der Waals surface area contributed by atoms with Crippen molar-refractivity contribution in [1.29, 1.82) is 0 Å². The summed E-state index contributed by atoms with van der Waals surface area (Å²) in [6.45, 7) is 1.20. The lowest BCUT2D eigenvalue weighted by molar-refractivity contribution is 0.365. The quantitative estimate of drug-likeness (QED) is 0.878. The molecule has 112 valence electrons. The Morgan fingerprint density at radius 2 is 2.10 bits per heavy atom. The highest BCUT2D eigenvalue weighted by atomic mass is 32.2. The molecule has 2 aromatic rings. The standard InChI is InChI=1S/C14H18N4O2S/c19-21(20,13-4-2-1-3-5-13)9-8-15-12-6-7-14-16-11-17-18(14)10-12/h1-5,11-12,15H,6-10H2/t12-/m1/s1. The van der Waals surface area contributed by atoms with Crippen LogP contribution in [-0.4, -0.2) is 41.5 Å². The average Bonchev–Trinajstić information content (AvgIpc) is 2.95. The predicted octanol–water partition coefficient (Wildman–Crippen LogP) is 0.656. The van der Waals surface area contributed by atoms with E-state index < -0.39 is 9.84 Å². The summed E-state index contributed by atoms with van der Waals surface area (Å²) in [5.41, 5.74) is 0. The molecule has 0 saturated heterocycles. The maximum absolute atomic E-state index is 12.2. The van der Waals surface area contributed by atoms with Gasteiger partial charge in [0, 0.05) is 19.0 Å². The van der Waals surface area contributed by atoms with Crippen molar-refractivity contribution >= 4 is 9.84 Å². The highest BCUT2D eigenvalue weighted by Crippen LogP contribution is 2.12. The number of sulfone groups is 1. The van der Waals surface area contributed by atoms with Crippen LogP contribution < -0.4 is 5.32 Å². The van der Waals surface area contributed by atoms with Crippen molar-refractivity contribution in [2.45, 2.75) is 30.3 Å². The monoisotopic (exact) mass is 306 g/mol. The summed E-state index contributed by atoms with van der Waals surface area (Å²) >= 11 is 0. The fourth-order valence-corrected chi connectivity index (χ4v) is 3.74. The molecule has 0 unspecified atom stereocenters.